The number of carbonyl (C=O) groups excluding carboxylic acids is 2. The summed E-state index contributed by atoms with van der Waals surface area (Å²) in [5.41, 5.74) is 3.72. The van der Waals surface area contributed by atoms with Crippen LogP contribution in [0.1, 0.15) is 29.2 Å². The van der Waals surface area contributed by atoms with Crippen LogP contribution in [0.5, 0.6) is 0 Å². The minimum atomic E-state index is -1.00. The molecule has 1 atom stereocenters. The Morgan fingerprint density at radius 3 is 2.19 bits per heavy atom. The molecule has 0 aliphatic heterocycles. The molecule has 0 saturated carbocycles. The molecule has 0 unspecified atom stereocenters. The molecular weight excluding hydrogens is 340 g/mol. The van der Waals surface area contributed by atoms with E-state index >= 15 is 0 Å². The molecule has 2 rings (SSSR count). The van der Waals surface area contributed by atoms with E-state index < -0.39 is 18.0 Å². The van der Waals surface area contributed by atoms with Crippen LogP contribution in [0.4, 0.5) is 0 Å². The van der Waals surface area contributed by atoms with Gasteiger partial charge in [0.25, 0.3) is 5.91 Å². The highest BCUT2D eigenvalue weighted by molar-refractivity contribution is 5.99. The number of rotatable bonds is 6. The van der Waals surface area contributed by atoms with E-state index in [2.05, 4.69) is 5.32 Å². The Kier molecular flexibility index (Phi) is 6.90. The van der Waals surface area contributed by atoms with Crippen LogP contribution in [0.15, 0.2) is 54.1 Å². The maximum atomic E-state index is 12.2. The Hall–Kier alpha value is -3.39. The van der Waals surface area contributed by atoms with E-state index in [1.807, 2.05) is 56.3 Å². The van der Waals surface area contributed by atoms with Crippen molar-refractivity contribution in [3.63, 3.8) is 0 Å². The Bertz CT molecular complexity index is 875. The van der Waals surface area contributed by atoms with Gasteiger partial charge in [-0.3, -0.25) is 4.79 Å². The van der Waals surface area contributed by atoms with Gasteiger partial charge in [0, 0.05) is 6.54 Å². The lowest BCUT2D eigenvalue weighted by molar-refractivity contribution is -0.150. The topological polar surface area (TPSA) is 79.2 Å². The van der Waals surface area contributed by atoms with Crippen molar-refractivity contribution in [2.45, 2.75) is 33.4 Å². The molecule has 2 aromatic carbocycles. The first-order chi connectivity index (χ1) is 12.9. The highest BCUT2D eigenvalue weighted by atomic mass is 16.5. The highest BCUT2D eigenvalue weighted by Crippen LogP contribution is 2.11. The van der Waals surface area contributed by atoms with Gasteiger partial charge in [-0.25, -0.2) is 4.79 Å². The summed E-state index contributed by atoms with van der Waals surface area (Å²) < 4.78 is 5.13. The summed E-state index contributed by atoms with van der Waals surface area (Å²) in [6, 6.07) is 17.0. The predicted octanol–water partition coefficient (Wildman–Crippen LogP) is 3.46. The molecule has 0 radical (unpaired) electrons. The van der Waals surface area contributed by atoms with Crippen molar-refractivity contribution < 1.29 is 14.3 Å². The maximum Gasteiger partial charge on any atom is 0.349 e. The van der Waals surface area contributed by atoms with E-state index in [4.69, 9.17) is 4.74 Å². The van der Waals surface area contributed by atoms with Gasteiger partial charge >= 0.3 is 5.97 Å². The van der Waals surface area contributed by atoms with Gasteiger partial charge in [-0.15, -0.1) is 0 Å². The predicted molar refractivity (Wildman–Crippen MR) is 103 cm³/mol. The average molecular weight is 362 g/mol. The van der Waals surface area contributed by atoms with Crippen molar-refractivity contribution in [3.05, 3.63) is 76.4 Å². The van der Waals surface area contributed by atoms with E-state index in [9.17, 15) is 14.9 Å². The molecule has 1 N–H and O–H groups in total. The highest BCUT2D eigenvalue weighted by Gasteiger charge is 2.20. The standard InChI is InChI=1S/C22H22N2O3/c1-15-4-8-18(9-5-15)12-20(13-23)22(26)27-17(3)21(25)24-14-19-10-6-16(2)7-11-19/h4-12,17H,14H2,1-3H3,(H,24,25)/b20-12+/t17-/m0/s1. The van der Waals surface area contributed by atoms with Gasteiger partial charge < -0.3 is 10.1 Å². The number of ether oxygens (including phenoxy) is 1. The maximum absolute atomic E-state index is 12.2. The van der Waals surface area contributed by atoms with Gasteiger partial charge in [0.2, 0.25) is 0 Å². The number of nitriles is 1. The van der Waals surface area contributed by atoms with Gasteiger partial charge in [-0.1, -0.05) is 59.7 Å². The first-order valence-corrected chi connectivity index (χ1v) is 8.61. The molecule has 138 valence electrons. The lowest BCUT2D eigenvalue weighted by Crippen LogP contribution is -2.35. The normalized spacial score (nSPS) is 12.0. The van der Waals surface area contributed by atoms with Crippen LogP contribution in [0, 0.1) is 25.2 Å². The molecule has 27 heavy (non-hydrogen) atoms. The van der Waals surface area contributed by atoms with Gasteiger partial charge in [-0.05, 0) is 38.0 Å². The number of aryl methyl sites for hydroxylation is 2. The number of hydrogen-bond donors (Lipinski definition) is 1. The number of nitrogens with zero attached hydrogens (tertiary/aromatic N) is 1. The van der Waals surface area contributed by atoms with Crippen molar-refractivity contribution in [3.8, 4) is 6.07 Å². The van der Waals surface area contributed by atoms with Gasteiger partial charge in [-0.2, -0.15) is 5.26 Å². The Labute approximate surface area is 159 Å². The lowest BCUT2D eigenvalue weighted by atomic mass is 10.1. The zero-order chi connectivity index (χ0) is 19.8. The average Bonchev–Trinajstić information content (AvgIpc) is 2.66. The molecule has 0 heterocycles. The van der Waals surface area contributed by atoms with E-state index in [1.165, 1.54) is 13.0 Å². The molecular formula is C22H22N2O3. The number of amides is 1. The second-order valence-corrected chi connectivity index (χ2v) is 6.33. The Morgan fingerprint density at radius 1 is 1.07 bits per heavy atom. The second-order valence-electron chi connectivity index (χ2n) is 6.33. The quantitative estimate of drug-likeness (QED) is 0.485. The molecule has 0 aliphatic rings. The summed E-state index contributed by atoms with van der Waals surface area (Å²) in [6.45, 7) is 5.75. The number of nitrogens with one attached hydrogen (secondary N) is 1. The molecule has 5 nitrogen and oxygen atoms in total. The number of carbonyl (C=O) groups is 2. The van der Waals surface area contributed by atoms with E-state index in [1.54, 1.807) is 12.1 Å². The fourth-order valence-electron chi connectivity index (χ4n) is 2.28. The van der Waals surface area contributed by atoms with E-state index in [0.717, 1.165) is 16.7 Å². The minimum Gasteiger partial charge on any atom is -0.448 e. The third-order valence-electron chi connectivity index (χ3n) is 3.97. The first-order valence-electron chi connectivity index (χ1n) is 8.61. The van der Waals surface area contributed by atoms with Gasteiger partial charge in [0.1, 0.15) is 11.6 Å². The Morgan fingerprint density at radius 2 is 1.63 bits per heavy atom. The largest absolute Gasteiger partial charge is 0.448 e. The van der Waals surface area contributed by atoms with Crippen LogP contribution in [0.25, 0.3) is 6.08 Å². The Balaban J connectivity index is 1.94. The lowest BCUT2D eigenvalue weighted by Gasteiger charge is -2.13. The van der Waals surface area contributed by atoms with Gasteiger partial charge in [0.15, 0.2) is 6.10 Å². The second kappa shape index (κ2) is 9.35. The molecule has 0 bridgehead atoms. The molecule has 0 saturated heterocycles. The van der Waals surface area contributed by atoms with Crippen LogP contribution in [0.3, 0.4) is 0 Å². The molecule has 5 heteroatoms. The van der Waals surface area contributed by atoms with Crippen LogP contribution >= 0.6 is 0 Å². The van der Waals surface area contributed by atoms with Gasteiger partial charge in [0.05, 0.1) is 0 Å². The zero-order valence-electron chi connectivity index (χ0n) is 15.7. The summed E-state index contributed by atoms with van der Waals surface area (Å²) in [7, 11) is 0. The first kappa shape index (κ1) is 19.9. The van der Waals surface area contributed by atoms with Crippen LogP contribution in [-0.4, -0.2) is 18.0 Å². The third-order valence-corrected chi connectivity index (χ3v) is 3.97. The van der Waals surface area contributed by atoms with E-state index in [-0.39, 0.29) is 5.57 Å². The molecule has 0 aliphatic carbocycles. The number of benzene rings is 2. The van der Waals surface area contributed by atoms with Crippen molar-refractivity contribution in [2.75, 3.05) is 0 Å². The minimum absolute atomic E-state index is 0.156. The molecule has 1 amide bonds. The molecule has 2 aromatic rings. The molecule has 0 fully saturated rings. The van der Waals surface area contributed by atoms with Crippen molar-refractivity contribution in [1.82, 2.24) is 5.32 Å². The SMILES string of the molecule is Cc1ccc(/C=C(\C#N)C(=O)O[C@@H](C)C(=O)NCc2ccc(C)cc2)cc1. The number of esters is 1. The van der Waals surface area contributed by atoms with Crippen molar-refractivity contribution in [2.24, 2.45) is 0 Å². The zero-order valence-corrected chi connectivity index (χ0v) is 15.7. The summed E-state index contributed by atoms with van der Waals surface area (Å²) in [5.74, 6) is -1.24. The fourth-order valence-corrected chi connectivity index (χ4v) is 2.28. The summed E-state index contributed by atoms with van der Waals surface area (Å²) in [4.78, 5) is 24.3. The molecule has 0 spiro atoms. The summed E-state index contributed by atoms with van der Waals surface area (Å²) in [6.07, 6.45) is 0.441. The molecule has 0 aromatic heterocycles. The fraction of sp³-hybridized carbons (Fsp3) is 0.227. The van der Waals surface area contributed by atoms with Crippen molar-refractivity contribution in [1.29, 1.82) is 5.26 Å². The third kappa shape index (κ3) is 6.12. The summed E-state index contributed by atoms with van der Waals surface area (Å²) in [5, 5.41) is 11.9. The van der Waals surface area contributed by atoms with Crippen LogP contribution in [0.2, 0.25) is 0 Å². The van der Waals surface area contributed by atoms with Crippen LogP contribution in [-0.2, 0) is 20.9 Å². The van der Waals surface area contributed by atoms with E-state index in [0.29, 0.717) is 12.1 Å². The number of hydrogen-bond acceptors (Lipinski definition) is 4. The smallest absolute Gasteiger partial charge is 0.349 e. The monoisotopic (exact) mass is 362 g/mol. The summed E-state index contributed by atoms with van der Waals surface area (Å²) >= 11 is 0. The van der Waals surface area contributed by atoms with Crippen molar-refractivity contribution >= 4 is 18.0 Å². The van der Waals surface area contributed by atoms with Crippen LogP contribution < -0.4 is 5.32 Å².